The summed E-state index contributed by atoms with van der Waals surface area (Å²) in [4.78, 5) is 17.5. The second kappa shape index (κ2) is 7.43. The van der Waals surface area contributed by atoms with Crippen LogP contribution in [0.5, 0.6) is 11.5 Å². The van der Waals surface area contributed by atoms with Crippen molar-refractivity contribution in [2.45, 2.75) is 0 Å². The molecule has 0 saturated carbocycles. The molecule has 3 aromatic heterocycles. The fourth-order valence-electron chi connectivity index (χ4n) is 2.69. The van der Waals surface area contributed by atoms with Crippen molar-refractivity contribution in [1.29, 1.82) is 0 Å². The number of fused-ring (bicyclic) bond motifs is 1. The first kappa shape index (κ1) is 17.6. The Morgan fingerprint density at radius 3 is 2.64 bits per heavy atom. The van der Waals surface area contributed by atoms with Gasteiger partial charge in [0.1, 0.15) is 17.1 Å². The normalized spacial score (nSPS) is 10.7. The number of pyridine rings is 2. The van der Waals surface area contributed by atoms with Gasteiger partial charge in [-0.2, -0.15) is 0 Å². The van der Waals surface area contributed by atoms with Crippen molar-refractivity contribution in [3.8, 4) is 22.8 Å². The lowest BCUT2D eigenvalue weighted by atomic mass is 10.2. The second-order valence-electron chi connectivity index (χ2n) is 5.85. The molecular formula is C20H16FN5O2. The lowest BCUT2D eigenvalue weighted by molar-refractivity contribution is 0.375. The SMILES string of the molecule is COc1cc(Nc2ccc3ncc(-c4cccnc4)nc3n2)c(F)c(OC)c1. The number of hydrogen-bond acceptors (Lipinski definition) is 7. The molecule has 1 N–H and O–H groups in total. The lowest BCUT2D eigenvalue weighted by Crippen LogP contribution is -2.01. The maximum absolute atomic E-state index is 14.6. The third kappa shape index (κ3) is 3.39. The molecule has 0 aliphatic heterocycles. The van der Waals surface area contributed by atoms with E-state index in [1.54, 1.807) is 30.7 Å². The van der Waals surface area contributed by atoms with Crippen LogP contribution in [-0.4, -0.2) is 34.2 Å². The number of aromatic nitrogens is 4. The van der Waals surface area contributed by atoms with E-state index in [1.165, 1.54) is 26.4 Å². The molecule has 28 heavy (non-hydrogen) atoms. The minimum absolute atomic E-state index is 0.0706. The fraction of sp³-hybridized carbons (Fsp3) is 0.100. The van der Waals surface area contributed by atoms with Crippen LogP contribution < -0.4 is 14.8 Å². The van der Waals surface area contributed by atoms with E-state index in [9.17, 15) is 4.39 Å². The van der Waals surface area contributed by atoms with Gasteiger partial charge >= 0.3 is 0 Å². The number of rotatable bonds is 5. The Morgan fingerprint density at radius 1 is 1.00 bits per heavy atom. The summed E-state index contributed by atoms with van der Waals surface area (Å²) >= 11 is 0. The van der Waals surface area contributed by atoms with Crippen LogP contribution in [0, 0.1) is 5.82 Å². The minimum Gasteiger partial charge on any atom is -0.497 e. The fourth-order valence-corrected chi connectivity index (χ4v) is 2.69. The summed E-state index contributed by atoms with van der Waals surface area (Å²) in [7, 11) is 2.89. The highest BCUT2D eigenvalue weighted by Gasteiger charge is 2.13. The van der Waals surface area contributed by atoms with E-state index in [4.69, 9.17) is 9.47 Å². The maximum atomic E-state index is 14.6. The van der Waals surface area contributed by atoms with E-state index in [-0.39, 0.29) is 11.4 Å². The zero-order valence-corrected chi connectivity index (χ0v) is 15.2. The largest absolute Gasteiger partial charge is 0.497 e. The standard InChI is InChI=1S/C20H16FN5O2/c1-27-13-8-15(19(21)17(9-13)28-2)24-18-6-5-14-20(26-18)25-16(11-23-14)12-4-3-7-22-10-12/h3-11H,1-2H3,(H,24,25,26). The smallest absolute Gasteiger partial charge is 0.188 e. The Morgan fingerprint density at radius 2 is 1.89 bits per heavy atom. The molecule has 0 atom stereocenters. The second-order valence-corrected chi connectivity index (χ2v) is 5.85. The Hall–Kier alpha value is -3.81. The van der Waals surface area contributed by atoms with E-state index < -0.39 is 5.82 Å². The predicted octanol–water partition coefficient (Wildman–Crippen LogP) is 3.99. The summed E-state index contributed by atoms with van der Waals surface area (Å²) in [5.74, 6) is 0.404. The molecule has 0 saturated heterocycles. The van der Waals surface area contributed by atoms with Crippen LogP contribution in [0.3, 0.4) is 0 Å². The molecule has 140 valence electrons. The number of hydrogen-bond donors (Lipinski definition) is 1. The molecule has 3 heterocycles. The third-order valence-corrected chi connectivity index (χ3v) is 4.10. The van der Waals surface area contributed by atoms with Gasteiger partial charge in [0, 0.05) is 30.1 Å². The van der Waals surface area contributed by atoms with Gasteiger partial charge in [-0.1, -0.05) is 0 Å². The number of halogens is 1. The third-order valence-electron chi connectivity index (χ3n) is 4.10. The average molecular weight is 377 g/mol. The van der Waals surface area contributed by atoms with Crippen molar-refractivity contribution in [3.63, 3.8) is 0 Å². The van der Waals surface area contributed by atoms with Crippen LogP contribution in [0.2, 0.25) is 0 Å². The van der Waals surface area contributed by atoms with Gasteiger partial charge in [0.25, 0.3) is 0 Å². The first-order chi connectivity index (χ1) is 13.7. The van der Waals surface area contributed by atoms with Crippen LogP contribution in [0.4, 0.5) is 15.9 Å². The maximum Gasteiger partial charge on any atom is 0.188 e. The van der Waals surface area contributed by atoms with Crippen LogP contribution in [0.25, 0.3) is 22.4 Å². The summed E-state index contributed by atoms with van der Waals surface area (Å²) in [6.45, 7) is 0. The Labute approximate surface area is 160 Å². The van der Waals surface area contributed by atoms with Crippen molar-refractivity contribution in [2.75, 3.05) is 19.5 Å². The highest BCUT2D eigenvalue weighted by Crippen LogP contribution is 2.32. The highest BCUT2D eigenvalue weighted by molar-refractivity contribution is 5.76. The molecule has 0 bridgehead atoms. The van der Waals surface area contributed by atoms with Gasteiger partial charge in [-0.15, -0.1) is 0 Å². The van der Waals surface area contributed by atoms with Crippen molar-refractivity contribution in [1.82, 2.24) is 19.9 Å². The number of nitrogens with zero attached hydrogens (tertiary/aromatic N) is 4. The monoisotopic (exact) mass is 377 g/mol. The van der Waals surface area contributed by atoms with Crippen LogP contribution in [-0.2, 0) is 0 Å². The van der Waals surface area contributed by atoms with Gasteiger partial charge in [0.2, 0.25) is 0 Å². The van der Waals surface area contributed by atoms with Crippen LogP contribution in [0.1, 0.15) is 0 Å². The molecule has 0 amide bonds. The molecular weight excluding hydrogens is 361 g/mol. The molecule has 0 fully saturated rings. The lowest BCUT2D eigenvalue weighted by Gasteiger charge is -2.12. The zero-order chi connectivity index (χ0) is 19.5. The summed E-state index contributed by atoms with van der Waals surface area (Å²) in [5.41, 5.74) is 2.73. The zero-order valence-electron chi connectivity index (χ0n) is 15.2. The molecule has 1 aromatic carbocycles. The van der Waals surface area contributed by atoms with Crippen molar-refractivity contribution in [2.24, 2.45) is 0 Å². The molecule has 4 rings (SSSR count). The number of methoxy groups -OCH3 is 2. The number of benzene rings is 1. The van der Waals surface area contributed by atoms with Crippen LogP contribution in [0.15, 0.2) is 55.0 Å². The van der Waals surface area contributed by atoms with Gasteiger partial charge in [-0.3, -0.25) is 9.97 Å². The number of nitrogens with one attached hydrogen (secondary N) is 1. The van der Waals surface area contributed by atoms with E-state index in [1.807, 2.05) is 12.1 Å². The number of ether oxygens (including phenoxy) is 2. The van der Waals surface area contributed by atoms with Crippen molar-refractivity contribution in [3.05, 3.63) is 60.8 Å². The molecule has 0 aliphatic rings. The summed E-state index contributed by atoms with van der Waals surface area (Å²) in [5, 5.41) is 2.95. The van der Waals surface area contributed by atoms with Gasteiger partial charge in [0.15, 0.2) is 17.2 Å². The first-order valence-electron chi connectivity index (χ1n) is 8.40. The van der Waals surface area contributed by atoms with E-state index in [0.717, 1.165) is 5.56 Å². The molecule has 8 heteroatoms. The molecule has 0 radical (unpaired) electrons. The molecule has 4 aromatic rings. The summed E-state index contributed by atoms with van der Waals surface area (Å²) in [6.07, 6.45) is 5.06. The van der Waals surface area contributed by atoms with E-state index in [0.29, 0.717) is 28.4 Å². The highest BCUT2D eigenvalue weighted by atomic mass is 19.1. The quantitative estimate of drug-likeness (QED) is 0.563. The molecule has 0 aliphatic carbocycles. The first-order valence-corrected chi connectivity index (χ1v) is 8.40. The van der Waals surface area contributed by atoms with Crippen molar-refractivity contribution < 1.29 is 13.9 Å². The van der Waals surface area contributed by atoms with E-state index >= 15 is 0 Å². The Balaban J connectivity index is 1.72. The van der Waals surface area contributed by atoms with Gasteiger partial charge in [-0.05, 0) is 24.3 Å². The number of anilines is 2. The Kier molecular flexibility index (Phi) is 4.67. The predicted molar refractivity (Wildman–Crippen MR) is 103 cm³/mol. The van der Waals surface area contributed by atoms with Crippen molar-refractivity contribution >= 4 is 22.7 Å². The summed E-state index contributed by atoms with van der Waals surface area (Å²) in [6, 6.07) is 10.2. The van der Waals surface area contributed by atoms with E-state index in [2.05, 4.69) is 25.3 Å². The minimum atomic E-state index is -0.541. The topological polar surface area (TPSA) is 82.0 Å². The molecule has 7 nitrogen and oxygen atoms in total. The van der Waals surface area contributed by atoms with Gasteiger partial charge < -0.3 is 14.8 Å². The molecule has 0 unspecified atom stereocenters. The van der Waals surface area contributed by atoms with Gasteiger partial charge in [-0.25, -0.2) is 14.4 Å². The molecule has 0 spiro atoms. The summed E-state index contributed by atoms with van der Waals surface area (Å²) < 4.78 is 24.8. The average Bonchev–Trinajstić information content (AvgIpc) is 2.75. The Bertz CT molecular complexity index is 1140. The van der Waals surface area contributed by atoms with Gasteiger partial charge in [0.05, 0.1) is 31.8 Å². The van der Waals surface area contributed by atoms with Crippen LogP contribution >= 0.6 is 0 Å².